The van der Waals surface area contributed by atoms with E-state index in [1.165, 1.54) is 17.2 Å². The summed E-state index contributed by atoms with van der Waals surface area (Å²) < 4.78 is 26.4. The molecule has 20 heavy (non-hydrogen) atoms. The number of hydrogen-bond donors (Lipinski definition) is 1. The molecule has 0 radical (unpaired) electrons. The largest absolute Gasteiger partial charge is 0.328 e. The fourth-order valence-corrected chi connectivity index (χ4v) is 1.93. The molecule has 108 valence electrons. The molecule has 2 rings (SSSR count). The second-order valence-corrected chi connectivity index (χ2v) is 5.77. The zero-order valence-electron chi connectivity index (χ0n) is 10.6. The van der Waals surface area contributed by atoms with Crippen LogP contribution in [0, 0.1) is 0 Å². The molecule has 2 heterocycles. The van der Waals surface area contributed by atoms with Crippen LogP contribution in [0.5, 0.6) is 0 Å². The van der Waals surface area contributed by atoms with Gasteiger partial charge in [-0.25, -0.2) is 4.79 Å². The van der Waals surface area contributed by atoms with E-state index in [1.54, 1.807) is 0 Å². The number of aromatic nitrogens is 2. The molecule has 3 amide bonds. The van der Waals surface area contributed by atoms with Gasteiger partial charge in [0.2, 0.25) is 5.91 Å². The van der Waals surface area contributed by atoms with Crippen molar-refractivity contribution in [2.45, 2.75) is 13.0 Å². The van der Waals surface area contributed by atoms with Crippen molar-refractivity contribution in [1.29, 1.82) is 0 Å². The fraction of sp³-hybridized carbons (Fsp3) is 0.400. The van der Waals surface area contributed by atoms with Crippen LogP contribution in [0.1, 0.15) is 12.1 Å². The highest BCUT2D eigenvalue weighted by molar-refractivity contribution is 7.85. The van der Waals surface area contributed by atoms with E-state index in [9.17, 15) is 18.0 Å². The molecule has 1 N–H and O–H groups in total. The molecular formula is C10H12N4O5S. The van der Waals surface area contributed by atoms with E-state index in [4.69, 9.17) is 0 Å². The lowest BCUT2D eigenvalue weighted by Crippen LogP contribution is -2.49. The molecule has 1 aromatic rings. The van der Waals surface area contributed by atoms with E-state index in [0.29, 0.717) is 5.69 Å². The van der Waals surface area contributed by atoms with Crippen molar-refractivity contribution in [3.05, 3.63) is 18.0 Å². The summed E-state index contributed by atoms with van der Waals surface area (Å²) in [5.74, 6) is -0.339. The fourth-order valence-electron chi connectivity index (χ4n) is 1.60. The van der Waals surface area contributed by atoms with Gasteiger partial charge in [-0.2, -0.15) is 18.6 Å². The molecule has 1 fully saturated rings. The number of anilines is 1. The molecule has 1 aliphatic rings. The van der Waals surface area contributed by atoms with Gasteiger partial charge in [0.15, 0.2) is 0 Å². The van der Waals surface area contributed by atoms with Gasteiger partial charge in [-0.15, -0.1) is 0 Å². The molecule has 0 unspecified atom stereocenters. The predicted octanol–water partition coefficient (Wildman–Crippen LogP) is -0.601. The third-order valence-corrected chi connectivity index (χ3v) is 3.02. The van der Waals surface area contributed by atoms with Crippen molar-refractivity contribution in [2.24, 2.45) is 0 Å². The smallest absolute Gasteiger partial charge is 0.292 e. The average molecular weight is 300 g/mol. The third-order valence-electron chi connectivity index (χ3n) is 2.48. The molecule has 9 nitrogen and oxygen atoms in total. The van der Waals surface area contributed by atoms with Crippen LogP contribution in [0.3, 0.4) is 0 Å². The van der Waals surface area contributed by atoms with Crippen LogP contribution in [-0.4, -0.2) is 43.4 Å². The van der Waals surface area contributed by atoms with Gasteiger partial charge in [0, 0.05) is 13.0 Å². The maximum absolute atomic E-state index is 11.7. The summed E-state index contributed by atoms with van der Waals surface area (Å²) in [6, 6.07) is 0.928. The van der Waals surface area contributed by atoms with Crippen LogP contribution in [0.2, 0.25) is 0 Å². The normalized spacial score (nSPS) is 16.1. The number of hydrogen-bond acceptors (Lipinski definition) is 7. The van der Waals surface area contributed by atoms with Crippen LogP contribution in [0.4, 0.5) is 10.5 Å². The number of amides is 3. The zero-order valence-corrected chi connectivity index (χ0v) is 11.4. The Morgan fingerprint density at radius 3 is 2.85 bits per heavy atom. The van der Waals surface area contributed by atoms with Gasteiger partial charge in [-0.3, -0.25) is 19.2 Å². The van der Waals surface area contributed by atoms with E-state index in [2.05, 4.69) is 19.7 Å². The van der Waals surface area contributed by atoms with Crippen molar-refractivity contribution in [2.75, 3.05) is 17.7 Å². The number of carbonyl (C=O) groups excluding carboxylic acids is 2. The molecule has 0 saturated carbocycles. The molecule has 10 heteroatoms. The Kier molecular flexibility index (Phi) is 3.95. The highest BCUT2D eigenvalue weighted by atomic mass is 32.2. The van der Waals surface area contributed by atoms with Crippen LogP contribution in [0.15, 0.2) is 12.3 Å². The van der Waals surface area contributed by atoms with Crippen LogP contribution in [-0.2, 0) is 25.7 Å². The predicted molar refractivity (Wildman–Crippen MR) is 67.2 cm³/mol. The zero-order chi connectivity index (χ0) is 14.8. The maximum Gasteiger partial charge on any atom is 0.328 e. The molecular weight excluding hydrogens is 288 g/mol. The molecule has 0 aromatic carbocycles. The molecule has 0 atom stereocenters. The minimum Gasteiger partial charge on any atom is -0.292 e. The summed E-state index contributed by atoms with van der Waals surface area (Å²) in [4.78, 5) is 24.0. The number of rotatable bonds is 4. The van der Waals surface area contributed by atoms with Crippen LogP contribution >= 0.6 is 0 Å². The first-order valence-corrected chi connectivity index (χ1v) is 7.44. The quantitative estimate of drug-likeness (QED) is 0.737. The highest BCUT2D eigenvalue weighted by Crippen LogP contribution is 2.16. The Morgan fingerprint density at radius 1 is 1.45 bits per heavy atom. The van der Waals surface area contributed by atoms with Gasteiger partial charge in [-0.1, -0.05) is 0 Å². The third kappa shape index (κ3) is 3.71. The van der Waals surface area contributed by atoms with Crippen LogP contribution < -0.4 is 10.2 Å². The lowest BCUT2D eigenvalue weighted by atomic mass is 10.2. The minimum atomic E-state index is -3.58. The Labute approximate surface area is 115 Å². The van der Waals surface area contributed by atoms with Crippen molar-refractivity contribution in [1.82, 2.24) is 15.5 Å². The number of carbonyl (C=O) groups is 2. The summed E-state index contributed by atoms with van der Waals surface area (Å²) in [6.45, 7) is -0.0448. The summed E-state index contributed by atoms with van der Waals surface area (Å²) in [6.07, 6.45) is 2.45. The second kappa shape index (κ2) is 5.51. The van der Waals surface area contributed by atoms with E-state index >= 15 is 0 Å². The number of urea groups is 1. The van der Waals surface area contributed by atoms with E-state index in [0.717, 1.165) is 6.26 Å². The molecule has 1 aliphatic heterocycles. The van der Waals surface area contributed by atoms with Gasteiger partial charge < -0.3 is 0 Å². The number of imide groups is 1. The summed E-state index contributed by atoms with van der Waals surface area (Å²) in [7, 11) is -3.58. The first-order valence-electron chi connectivity index (χ1n) is 5.62. The summed E-state index contributed by atoms with van der Waals surface area (Å²) in [5.41, 5.74) is 0.676. The van der Waals surface area contributed by atoms with Gasteiger partial charge in [0.1, 0.15) is 6.61 Å². The number of nitrogens with one attached hydrogen (secondary N) is 1. The highest BCUT2D eigenvalue weighted by Gasteiger charge is 2.24. The van der Waals surface area contributed by atoms with Crippen molar-refractivity contribution in [3.63, 3.8) is 0 Å². The van der Waals surface area contributed by atoms with Gasteiger partial charge >= 0.3 is 6.03 Å². The van der Waals surface area contributed by atoms with Gasteiger partial charge in [0.05, 0.1) is 23.8 Å². The Balaban J connectivity index is 2.13. The first kappa shape index (κ1) is 14.3. The summed E-state index contributed by atoms with van der Waals surface area (Å²) in [5, 5.41) is 9.57. The molecule has 1 aromatic heterocycles. The van der Waals surface area contributed by atoms with Crippen molar-refractivity contribution in [3.8, 4) is 0 Å². The molecule has 0 spiro atoms. The molecule has 0 aliphatic carbocycles. The molecule has 0 bridgehead atoms. The van der Waals surface area contributed by atoms with E-state index in [1.807, 2.05) is 0 Å². The van der Waals surface area contributed by atoms with Gasteiger partial charge in [-0.05, 0) is 6.07 Å². The van der Waals surface area contributed by atoms with Gasteiger partial charge in [0.25, 0.3) is 10.1 Å². The molecule has 1 saturated heterocycles. The van der Waals surface area contributed by atoms with Crippen LogP contribution in [0.25, 0.3) is 0 Å². The average Bonchev–Trinajstić information content (AvgIpc) is 2.36. The Bertz CT molecular complexity index is 645. The lowest BCUT2D eigenvalue weighted by molar-refractivity contribution is -0.120. The Morgan fingerprint density at radius 2 is 2.20 bits per heavy atom. The van der Waals surface area contributed by atoms with Crippen molar-refractivity contribution < 1.29 is 22.2 Å². The second-order valence-electron chi connectivity index (χ2n) is 4.13. The standard InChI is InChI=1S/C10H12N4O5S/c1-20(17,18)19-6-7-4-8(5-11-13-7)14-3-2-9(15)12-10(14)16/h4-5H,2-3,6H2,1H3,(H,12,15,16). The SMILES string of the molecule is CS(=O)(=O)OCc1cc(N2CCC(=O)NC2=O)cnn1. The monoisotopic (exact) mass is 300 g/mol. The van der Waals surface area contributed by atoms with E-state index in [-0.39, 0.29) is 31.2 Å². The summed E-state index contributed by atoms with van der Waals surface area (Å²) >= 11 is 0. The number of nitrogens with zero attached hydrogens (tertiary/aromatic N) is 3. The topological polar surface area (TPSA) is 119 Å². The first-order chi connectivity index (χ1) is 9.35. The lowest BCUT2D eigenvalue weighted by Gasteiger charge is -2.26. The van der Waals surface area contributed by atoms with E-state index < -0.39 is 16.1 Å². The minimum absolute atomic E-state index is 0.184. The van der Waals surface area contributed by atoms with Crippen molar-refractivity contribution >= 4 is 27.7 Å². The Hall–Kier alpha value is -2.07. The maximum atomic E-state index is 11.7.